The Morgan fingerprint density at radius 3 is 2.46 bits per heavy atom. The minimum absolute atomic E-state index is 0.0827. The van der Waals surface area contributed by atoms with Gasteiger partial charge in [-0.05, 0) is 125 Å². The van der Waals surface area contributed by atoms with Crippen LogP contribution in [0.4, 0.5) is 17.2 Å². The zero-order chi connectivity index (χ0) is 47.8. The number of imide groups is 1. The first-order valence-corrected chi connectivity index (χ1v) is 25.0. The number of aromatic nitrogens is 4. The molecule has 2 aromatic carbocycles. The second-order valence-electron chi connectivity index (χ2n) is 19.9. The molecule has 8 heterocycles. The Kier molecular flexibility index (Phi) is 13.6. The van der Waals surface area contributed by atoms with E-state index in [1.807, 2.05) is 35.2 Å². The maximum atomic E-state index is 12.6. The van der Waals surface area contributed by atoms with Gasteiger partial charge in [0.2, 0.25) is 17.7 Å². The number of carbonyl (C=O) groups excluding carboxylic acids is 4. The number of carbonyl (C=O) groups is 4. The molecule has 5 aliphatic rings. The van der Waals surface area contributed by atoms with Crippen molar-refractivity contribution in [2.24, 2.45) is 5.92 Å². The number of hydrogen-bond acceptors (Lipinski definition) is 12. The molecule has 1 atom stereocenters. The Bertz CT molecular complexity index is 2710. The summed E-state index contributed by atoms with van der Waals surface area (Å²) in [6.45, 7) is 9.92. The largest absolute Gasteiger partial charge is 0.496 e. The van der Waals surface area contributed by atoms with Gasteiger partial charge in [-0.2, -0.15) is 5.10 Å². The number of imidazole rings is 1. The maximum Gasteiger partial charge on any atom is 0.243 e. The number of aldehydes is 1. The number of fused-ring (bicyclic) bond motifs is 2. The number of pyridine rings is 1. The molecule has 10 rings (SSSR count). The highest BCUT2D eigenvalue weighted by atomic mass is 16.5. The molecule has 16 heteroatoms. The normalized spacial score (nSPS) is 20.1. The van der Waals surface area contributed by atoms with Crippen LogP contribution in [-0.2, 0) is 38.6 Å². The maximum absolute atomic E-state index is 12.6. The zero-order valence-corrected chi connectivity index (χ0v) is 40.6. The Hall–Kier alpha value is -6.10. The van der Waals surface area contributed by atoms with Crippen LogP contribution in [0, 0.1) is 5.92 Å². The molecular formula is C53H66N10O6. The summed E-state index contributed by atoms with van der Waals surface area (Å²) in [6.07, 6.45) is 12.7. The minimum Gasteiger partial charge on any atom is -0.496 e. The van der Waals surface area contributed by atoms with Crippen LogP contribution in [0.3, 0.4) is 0 Å². The van der Waals surface area contributed by atoms with Crippen molar-refractivity contribution in [3.05, 3.63) is 89.0 Å². The van der Waals surface area contributed by atoms with E-state index in [1.165, 1.54) is 11.4 Å². The molecular weight excluding hydrogens is 873 g/mol. The monoisotopic (exact) mass is 939 g/mol. The van der Waals surface area contributed by atoms with Crippen LogP contribution < -0.4 is 19.9 Å². The topological polar surface area (TPSA) is 150 Å². The second-order valence-corrected chi connectivity index (χ2v) is 19.9. The van der Waals surface area contributed by atoms with Crippen molar-refractivity contribution >= 4 is 46.8 Å². The fraction of sp³-hybridized carbons (Fsp3) is 0.509. The van der Waals surface area contributed by atoms with Crippen molar-refractivity contribution in [2.45, 2.75) is 95.8 Å². The standard InChI is InChI=1S/C53H66N10O6/c1-35(65)61-23-15-46-45(33-61)52(56-63(46)41-16-25-69-26-17-41)58(3)42-7-8-44(49(30-42)68-4)39-28-48(62-24-18-54-50(62)29-39)37-13-19-59(20-14-37)31-36-11-21-60(22-12-36)43-6-5-38(34-64)40(27-43)32-57(2)47-9-10-51(66)55-53(47)67/h5-8,18,24,27-30,34,36-37,41,47H,9-17,19-23,25-26,31-33H2,1-4H3,(H,55,66,67). The van der Waals surface area contributed by atoms with Gasteiger partial charge in [0.15, 0.2) is 5.82 Å². The highest BCUT2D eigenvalue weighted by Gasteiger charge is 2.33. The van der Waals surface area contributed by atoms with Crippen molar-refractivity contribution in [3.8, 4) is 16.9 Å². The third-order valence-corrected chi connectivity index (χ3v) is 15.7. The molecule has 1 unspecified atom stereocenters. The van der Waals surface area contributed by atoms with Gasteiger partial charge in [0.1, 0.15) is 17.7 Å². The predicted molar refractivity (Wildman–Crippen MR) is 264 cm³/mol. The summed E-state index contributed by atoms with van der Waals surface area (Å²) in [5.74, 6) is 2.24. The summed E-state index contributed by atoms with van der Waals surface area (Å²) in [7, 11) is 5.68. The zero-order valence-electron chi connectivity index (χ0n) is 40.6. The van der Waals surface area contributed by atoms with Gasteiger partial charge in [0.25, 0.3) is 0 Å². The van der Waals surface area contributed by atoms with E-state index in [2.05, 4.69) is 78.7 Å². The number of nitrogens with one attached hydrogen (secondary N) is 1. The summed E-state index contributed by atoms with van der Waals surface area (Å²) in [4.78, 5) is 64.7. The number of likely N-dealkylation sites (tertiary alicyclic amines) is 1. The molecule has 364 valence electrons. The third-order valence-electron chi connectivity index (χ3n) is 15.7. The van der Waals surface area contributed by atoms with Crippen molar-refractivity contribution < 1.29 is 28.7 Å². The van der Waals surface area contributed by atoms with E-state index >= 15 is 0 Å². The van der Waals surface area contributed by atoms with Gasteiger partial charge in [0.05, 0.1) is 25.7 Å². The predicted octanol–water partition coefficient (Wildman–Crippen LogP) is 6.38. The van der Waals surface area contributed by atoms with E-state index in [4.69, 9.17) is 19.6 Å². The highest BCUT2D eigenvalue weighted by Crippen LogP contribution is 2.41. The average Bonchev–Trinajstić information content (AvgIpc) is 4.01. The SMILES string of the molecule is COc1cc(N(C)c2nn(C3CCOCC3)c3c2CN(C(C)=O)CC3)ccc1-c1cc(C2CCN(CC3CCN(c4ccc(C=O)c(CN(C)C5CCC(=O)NC5=O)c4)CC3)CC2)n2ccnc2c1. The van der Waals surface area contributed by atoms with Crippen LogP contribution in [0.25, 0.3) is 16.8 Å². The molecule has 5 aromatic rings. The number of rotatable bonds is 13. The molecule has 3 aromatic heterocycles. The Morgan fingerprint density at radius 2 is 1.72 bits per heavy atom. The Labute approximate surface area is 404 Å². The van der Waals surface area contributed by atoms with Crippen LogP contribution in [0.1, 0.15) is 103 Å². The third kappa shape index (κ3) is 9.63. The quantitative estimate of drug-likeness (QED) is 0.103. The van der Waals surface area contributed by atoms with Gasteiger partial charge in [-0.15, -0.1) is 0 Å². The van der Waals surface area contributed by atoms with E-state index in [-0.39, 0.29) is 23.8 Å². The van der Waals surface area contributed by atoms with E-state index in [1.54, 1.807) is 14.0 Å². The molecule has 16 nitrogen and oxygen atoms in total. The molecule has 5 aliphatic heterocycles. The number of piperidine rings is 3. The number of methoxy groups -OCH3 is 1. The van der Waals surface area contributed by atoms with Gasteiger partial charge < -0.3 is 33.5 Å². The van der Waals surface area contributed by atoms with Crippen LogP contribution in [-0.4, -0.2) is 138 Å². The molecule has 0 radical (unpaired) electrons. The minimum atomic E-state index is -0.397. The first kappa shape index (κ1) is 46.6. The lowest BCUT2D eigenvalue weighted by atomic mass is 9.89. The lowest BCUT2D eigenvalue weighted by Gasteiger charge is -2.38. The van der Waals surface area contributed by atoms with E-state index < -0.39 is 6.04 Å². The second kappa shape index (κ2) is 20.1. The van der Waals surface area contributed by atoms with Gasteiger partial charge in [-0.1, -0.05) is 0 Å². The summed E-state index contributed by atoms with van der Waals surface area (Å²) in [6, 6.07) is 16.8. The van der Waals surface area contributed by atoms with Crippen molar-refractivity contribution in [1.29, 1.82) is 0 Å². The molecule has 3 amide bonds. The van der Waals surface area contributed by atoms with Crippen molar-refractivity contribution in [2.75, 3.05) is 83.5 Å². The molecule has 69 heavy (non-hydrogen) atoms. The van der Waals surface area contributed by atoms with E-state index in [9.17, 15) is 19.2 Å². The molecule has 0 bridgehead atoms. The highest BCUT2D eigenvalue weighted by molar-refractivity contribution is 6.00. The van der Waals surface area contributed by atoms with E-state index in [0.29, 0.717) is 49.9 Å². The number of hydrogen-bond donors (Lipinski definition) is 1. The summed E-state index contributed by atoms with van der Waals surface area (Å²) in [5, 5.41) is 7.71. The summed E-state index contributed by atoms with van der Waals surface area (Å²) < 4.78 is 16.3. The molecule has 0 saturated carbocycles. The van der Waals surface area contributed by atoms with Crippen molar-refractivity contribution in [3.63, 3.8) is 0 Å². The van der Waals surface area contributed by atoms with Crippen molar-refractivity contribution in [1.82, 2.24) is 39.2 Å². The van der Waals surface area contributed by atoms with Crippen LogP contribution in [0.2, 0.25) is 0 Å². The number of likely N-dealkylation sites (N-methyl/N-ethyl adjacent to an activating group) is 1. The Balaban J connectivity index is 0.789. The van der Waals surface area contributed by atoms with Crippen LogP contribution >= 0.6 is 0 Å². The van der Waals surface area contributed by atoms with E-state index in [0.717, 1.165) is 148 Å². The first-order valence-electron chi connectivity index (χ1n) is 25.0. The number of anilines is 3. The number of benzene rings is 2. The fourth-order valence-corrected chi connectivity index (χ4v) is 11.6. The van der Waals surface area contributed by atoms with Gasteiger partial charge in [-0.25, -0.2) is 4.98 Å². The molecule has 4 saturated heterocycles. The van der Waals surface area contributed by atoms with Gasteiger partial charge >= 0.3 is 0 Å². The average molecular weight is 939 g/mol. The molecule has 1 N–H and O–H groups in total. The molecule has 4 fully saturated rings. The molecule has 0 spiro atoms. The van der Waals surface area contributed by atoms with Crippen LogP contribution in [0.5, 0.6) is 5.75 Å². The van der Waals surface area contributed by atoms with Gasteiger partial charge in [-0.3, -0.25) is 34.1 Å². The smallest absolute Gasteiger partial charge is 0.243 e. The molecule has 0 aliphatic carbocycles. The number of nitrogens with zero attached hydrogens (tertiary/aromatic N) is 9. The number of amides is 3. The fourth-order valence-electron chi connectivity index (χ4n) is 11.6. The Morgan fingerprint density at radius 1 is 0.928 bits per heavy atom. The first-order chi connectivity index (χ1) is 33.5. The lowest BCUT2D eigenvalue weighted by Crippen LogP contribution is -2.51. The summed E-state index contributed by atoms with van der Waals surface area (Å²) in [5.41, 5.74) is 10.2. The van der Waals surface area contributed by atoms with Gasteiger partial charge in [0, 0.05) is 137 Å². The summed E-state index contributed by atoms with van der Waals surface area (Å²) >= 11 is 0. The number of ether oxygens (including phenoxy) is 2. The van der Waals surface area contributed by atoms with Crippen LogP contribution in [0.15, 0.2) is 60.9 Å². The lowest BCUT2D eigenvalue weighted by molar-refractivity contribution is -0.137.